The van der Waals surface area contributed by atoms with Crippen LogP contribution in [-0.2, 0) is 24.5 Å². The molecule has 0 spiro atoms. The summed E-state index contributed by atoms with van der Waals surface area (Å²) in [6.07, 6.45) is 0.702. The van der Waals surface area contributed by atoms with Gasteiger partial charge in [-0.1, -0.05) is 46.8 Å². The van der Waals surface area contributed by atoms with Crippen molar-refractivity contribution >= 4 is 29.2 Å². The monoisotopic (exact) mass is 561 g/mol. The van der Waals surface area contributed by atoms with E-state index >= 15 is 0 Å². The van der Waals surface area contributed by atoms with Crippen molar-refractivity contribution in [2.45, 2.75) is 85.3 Å². The van der Waals surface area contributed by atoms with E-state index in [2.05, 4.69) is 36.0 Å². The van der Waals surface area contributed by atoms with Gasteiger partial charge in [0.05, 0.1) is 31.6 Å². The topological polar surface area (TPSA) is 111 Å². The molecular formula is C30H43NO7S. The maximum absolute atomic E-state index is 13.2. The Hall–Kier alpha value is -2.91. The highest BCUT2D eigenvalue weighted by molar-refractivity contribution is 7.14. The van der Waals surface area contributed by atoms with Crippen molar-refractivity contribution in [3.8, 4) is 5.75 Å². The van der Waals surface area contributed by atoms with Crippen LogP contribution in [0.5, 0.6) is 5.75 Å². The third-order valence-corrected chi connectivity index (χ3v) is 8.76. The smallest absolute Gasteiger partial charge is 0.328 e. The number of nitrogens with one attached hydrogen (secondary N) is 1. The first-order valence-corrected chi connectivity index (χ1v) is 14.0. The highest BCUT2D eigenvalue weighted by Gasteiger charge is 2.35. The van der Waals surface area contributed by atoms with Crippen molar-refractivity contribution in [2.24, 2.45) is 5.41 Å². The number of methoxy groups -OCH3 is 2. The maximum atomic E-state index is 13.2. The molecule has 0 saturated carbocycles. The molecule has 8 nitrogen and oxygen atoms in total. The minimum Gasteiger partial charge on any atom is -0.491 e. The number of ether oxygens (including phenoxy) is 3. The van der Waals surface area contributed by atoms with E-state index in [4.69, 9.17) is 9.47 Å². The SMILES string of the molecule is CCC(CC)(c1ccc(OCC(O)C(C)(C)C)c(C)c1)c1cc(C)c(C(=O)NC(CC(=O)OC)C(=O)OC)s1. The fraction of sp³-hybridized carbons (Fsp3) is 0.567. The molecule has 1 amide bonds. The van der Waals surface area contributed by atoms with Gasteiger partial charge in [-0.2, -0.15) is 0 Å². The molecule has 2 atom stereocenters. The van der Waals surface area contributed by atoms with Gasteiger partial charge in [0.25, 0.3) is 5.91 Å². The molecule has 0 fully saturated rings. The van der Waals surface area contributed by atoms with Crippen LogP contribution in [0, 0.1) is 19.3 Å². The minimum atomic E-state index is -1.14. The van der Waals surface area contributed by atoms with Gasteiger partial charge in [0.2, 0.25) is 0 Å². The van der Waals surface area contributed by atoms with Gasteiger partial charge in [-0.25, -0.2) is 4.79 Å². The molecule has 9 heteroatoms. The highest BCUT2D eigenvalue weighted by atomic mass is 32.1. The summed E-state index contributed by atoms with van der Waals surface area (Å²) < 4.78 is 15.4. The summed E-state index contributed by atoms with van der Waals surface area (Å²) in [5.41, 5.74) is 2.25. The lowest BCUT2D eigenvalue weighted by Gasteiger charge is -2.32. The molecular weight excluding hydrogens is 518 g/mol. The average molecular weight is 562 g/mol. The maximum Gasteiger partial charge on any atom is 0.328 e. The van der Waals surface area contributed by atoms with Crippen LogP contribution in [-0.4, -0.2) is 55.9 Å². The number of aryl methyl sites for hydroxylation is 2. The van der Waals surface area contributed by atoms with Gasteiger partial charge >= 0.3 is 11.9 Å². The van der Waals surface area contributed by atoms with E-state index in [-0.39, 0.29) is 23.9 Å². The molecule has 1 aromatic heterocycles. The Bertz CT molecular complexity index is 1160. The van der Waals surface area contributed by atoms with Crippen molar-refractivity contribution in [3.63, 3.8) is 0 Å². The first kappa shape index (κ1) is 32.3. The van der Waals surface area contributed by atoms with Gasteiger partial charge in [0.15, 0.2) is 0 Å². The van der Waals surface area contributed by atoms with E-state index in [1.165, 1.54) is 25.6 Å². The molecule has 1 heterocycles. The first-order valence-electron chi connectivity index (χ1n) is 13.2. The molecule has 2 N–H and O–H groups in total. The number of aliphatic hydroxyl groups is 1. The lowest BCUT2D eigenvalue weighted by atomic mass is 9.74. The van der Waals surface area contributed by atoms with Gasteiger partial charge in [0.1, 0.15) is 18.4 Å². The summed E-state index contributed by atoms with van der Waals surface area (Å²) in [6.45, 7) is 14.2. The standard InChI is InChI=1S/C30H43NO7S/c1-10-30(11-2,20-12-13-22(18(3)14-20)38-17-23(32)29(5,6)7)24-15-19(4)26(39-24)27(34)31-21(28(35)37-9)16-25(33)36-8/h12-15,21,23,32H,10-11,16-17H2,1-9H3,(H,31,34). The van der Waals surface area contributed by atoms with E-state index in [9.17, 15) is 19.5 Å². The second-order valence-corrected chi connectivity index (χ2v) is 12.0. The Labute approximate surface area is 236 Å². The van der Waals surface area contributed by atoms with Crippen LogP contribution < -0.4 is 10.1 Å². The van der Waals surface area contributed by atoms with Crippen LogP contribution >= 0.6 is 11.3 Å². The number of carbonyl (C=O) groups excluding carboxylic acids is 3. The summed E-state index contributed by atoms with van der Waals surface area (Å²) in [5, 5.41) is 13.0. The normalized spacial score (nSPS) is 13.4. The number of thiophene rings is 1. The molecule has 1 aromatic carbocycles. The zero-order chi connectivity index (χ0) is 29.5. The number of hydrogen-bond donors (Lipinski definition) is 2. The molecule has 0 aliphatic carbocycles. The fourth-order valence-corrected chi connectivity index (χ4v) is 5.86. The zero-order valence-electron chi connectivity index (χ0n) is 24.6. The number of hydrogen-bond acceptors (Lipinski definition) is 8. The van der Waals surface area contributed by atoms with E-state index in [1.807, 2.05) is 46.8 Å². The number of amides is 1. The van der Waals surface area contributed by atoms with Crippen LogP contribution in [0.1, 0.15) is 85.1 Å². The van der Waals surface area contributed by atoms with E-state index in [1.54, 1.807) is 0 Å². The van der Waals surface area contributed by atoms with E-state index in [0.29, 0.717) is 4.88 Å². The molecule has 0 bridgehead atoms. The minimum absolute atomic E-state index is 0.210. The number of benzene rings is 1. The van der Waals surface area contributed by atoms with Crippen LogP contribution in [0.2, 0.25) is 0 Å². The zero-order valence-corrected chi connectivity index (χ0v) is 25.4. The quantitative estimate of drug-likeness (QED) is 0.347. The Kier molecular flexibility index (Phi) is 11.1. The Morgan fingerprint density at radius 3 is 2.15 bits per heavy atom. The van der Waals surface area contributed by atoms with Crippen LogP contribution in [0.3, 0.4) is 0 Å². The Balaban J connectivity index is 2.37. The molecule has 0 saturated heterocycles. The summed E-state index contributed by atoms with van der Waals surface area (Å²) in [4.78, 5) is 38.7. The molecule has 216 valence electrons. The molecule has 2 aromatic rings. The van der Waals surface area contributed by atoms with E-state index < -0.39 is 30.0 Å². The summed E-state index contributed by atoms with van der Waals surface area (Å²) >= 11 is 1.39. The molecule has 0 aliphatic rings. The molecule has 2 unspecified atom stereocenters. The highest BCUT2D eigenvalue weighted by Crippen LogP contribution is 2.44. The third kappa shape index (κ3) is 7.60. The molecule has 2 rings (SSSR count). The summed E-state index contributed by atoms with van der Waals surface area (Å²) in [5.74, 6) is -1.06. The van der Waals surface area contributed by atoms with Gasteiger partial charge in [-0.15, -0.1) is 11.3 Å². The number of aliphatic hydroxyl groups excluding tert-OH is 1. The first-order chi connectivity index (χ1) is 18.2. The number of carbonyl (C=O) groups is 3. The van der Waals surface area contributed by atoms with E-state index in [0.717, 1.165) is 40.2 Å². The fourth-order valence-electron chi connectivity index (χ4n) is 4.43. The third-order valence-electron chi connectivity index (χ3n) is 7.32. The van der Waals surface area contributed by atoms with Gasteiger partial charge < -0.3 is 24.6 Å². The van der Waals surface area contributed by atoms with Crippen LogP contribution in [0.15, 0.2) is 24.3 Å². The lowest BCUT2D eigenvalue weighted by Crippen LogP contribution is -2.43. The molecule has 0 radical (unpaired) electrons. The molecule has 39 heavy (non-hydrogen) atoms. The predicted molar refractivity (Wildman–Crippen MR) is 152 cm³/mol. The van der Waals surface area contributed by atoms with Crippen molar-refractivity contribution in [1.82, 2.24) is 5.32 Å². The lowest BCUT2D eigenvalue weighted by molar-refractivity contribution is -0.149. The Morgan fingerprint density at radius 2 is 1.64 bits per heavy atom. The van der Waals surface area contributed by atoms with Crippen molar-refractivity contribution in [1.29, 1.82) is 0 Å². The Morgan fingerprint density at radius 1 is 1.00 bits per heavy atom. The number of esters is 2. The summed E-state index contributed by atoms with van der Waals surface area (Å²) in [7, 11) is 2.42. The number of rotatable bonds is 12. The average Bonchev–Trinajstić information content (AvgIpc) is 3.29. The van der Waals surface area contributed by atoms with Crippen LogP contribution in [0.25, 0.3) is 0 Å². The van der Waals surface area contributed by atoms with Gasteiger partial charge in [0, 0.05) is 10.3 Å². The second kappa shape index (κ2) is 13.4. The van der Waals surface area contributed by atoms with Crippen molar-refractivity contribution < 1.29 is 33.7 Å². The molecule has 0 aliphatic heterocycles. The second-order valence-electron chi connectivity index (χ2n) is 10.9. The summed E-state index contributed by atoms with van der Waals surface area (Å²) in [6, 6.07) is 7.00. The van der Waals surface area contributed by atoms with Gasteiger partial charge in [-0.3, -0.25) is 9.59 Å². The van der Waals surface area contributed by atoms with Crippen LogP contribution in [0.4, 0.5) is 0 Å². The predicted octanol–water partition coefficient (Wildman–Crippen LogP) is 5.09. The van der Waals surface area contributed by atoms with Crippen molar-refractivity contribution in [2.75, 3.05) is 20.8 Å². The van der Waals surface area contributed by atoms with Gasteiger partial charge in [-0.05, 0) is 60.9 Å². The largest absolute Gasteiger partial charge is 0.491 e. The van der Waals surface area contributed by atoms with Crippen molar-refractivity contribution in [3.05, 3.63) is 50.7 Å².